The predicted molar refractivity (Wildman–Crippen MR) is 47.0 cm³/mol. The number of aryl methyl sites for hydroxylation is 1. The van der Waals surface area contributed by atoms with E-state index in [2.05, 4.69) is 16.9 Å². The van der Waals surface area contributed by atoms with Crippen molar-refractivity contribution in [3.63, 3.8) is 0 Å². The molecule has 0 radical (unpaired) electrons. The summed E-state index contributed by atoms with van der Waals surface area (Å²) in [5.74, 6) is 0.793. The minimum absolute atomic E-state index is 0.793. The highest BCUT2D eigenvalue weighted by Gasteiger charge is 1.98. The summed E-state index contributed by atoms with van der Waals surface area (Å²) in [5, 5.41) is 0. The topological polar surface area (TPSA) is 30.2 Å². The van der Waals surface area contributed by atoms with Gasteiger partial charge in [0.05, 0.1) is 5.69 Å². The van der Waals surface area contributed by atoms with Crippen molar-refractivity contribution >= 4 is 5.78 Å². The van der Waals surface area contributed by atoms with Crippen LogP contribution in [0.1, 0.15) is 19.0 Å². The number of hydrogen-bond donors (Lipinski definition) is 0. The van der Waals surface area contributed by atoms with E-state index in [1.54, 1.807) is 6.20 Å². The van der Waals surface area contributed by atoms with Gasteiger partial charge in [0.25, 0.3) is 0 Å². The molecule has 3 heteroatoms. The predicted octanol–water partition coefficient (Wildman–Crippen LogP) is 1.68. The van der Waals surface area contributed by atoms with E-state index in [-0.39, 0.29) is 0 Å². The molecule has 62 valence electrons. The molecular formula is C9H11N3. The van der Waals surface area contributed by atoms with Gasteiger partial charge in [-0.05, 0) is 12.5 Å². The van der Waals surface area contributed by atoms with Crippen LogP contribution in [0.25, 0.3) is 5.78 Å². The van der Waals surface area contributed by atoms with Crippen molar-refractivity contribution in [3.05, 3.63) is 30.4 Å². The average molecular weight is 161 g/mol. The van der Waals surface area contributed by atoms with Crippen molar-refractivity contribution in [2.24, 2.45) is 0 Å². The van der Waals surface area contributed by atoms with E-state index < -0.39 is 0 Å². The largest absolute Gasteiger partial charge is 0.291 e. The zero-order chi connectivity index (χ0) is 8.39. The zero-order valence-electron chi connectivity index (χ0n) is 7.07. The molecule has 0 amide bonds. The maximum Gasteiger partial charge on any atom is 0.233 e. The lowest BCUT2D eigenvalue weighted by atomic mass is 10.3. The van der Waals surface area contributed by atoms with E-state index in [9.17, 15) is 0 Å². The second-order valence-electron chi connectivity index (χ2n) is 2.81. The molecule has 2 rings (SSSR count). The van der Waals surface area contributed by atoms with Gasteiger partial charge in [0.1, 0.15) is 0 Å². The lowest BCUT2D eigenvalue weighted by Crippen LogP contribution is -1.83. The molecular weight excluding hydrogens is 150 g/mol. The minimum atomic E-state index is 0.793. The van der Waals surface area contributed by atoms with Gasteiger partial charge in [0.15, 0.2) is 0 Å². The number of imidazole rings is 1. The molecule has 0 saturated carbocycles. The Bertz CT molecular complexity index is 345. The van der Waals surface area contributed by atoms with Crippen molar-refractivity contribution in [1.82, 2.24) is 14.4 Å². The smallest absolute Gasteiger partial charge is 0.233 e. The van der Waals surface area contributed by atoms with Gasteiger partial charge < -0.3 is 0 Å². The molecule has 0 aromatic carbocycles. The summed E-state index contributed by atoms with van der Waals surface area (Å²) >= 11 is 0. The molecule has 3 nitrogen and oxygen atoms in total. The van der Waals surface area contributed by atoms with Crippen LogP contribution in [0.5, 0.6) is 0 Å². The van der Waals surface area contributed by atoms with Crippen LogP contribution in [0.4, 0.5) is 0 Å². The van der Waals surface area contributed by atoms with E-state index in [1.807, 2.05) is 22.9 Å². The molecule has 12 heavy (non-hydrogen) atoms. The Kier molecular flexibility index (Phi) is 1.78. The van der Waals surface area contributed by atoms with E-state index in [0.29, 0.717) is 0 Å². The molecule has 0 unspecified atom stereocenters. The van der Waals surface area contributed by atoms with Gasteiger partial charge in [0, 0.05) is 18.6 Å². The van der Waals surface area contributed by atoms with Crippen molar-refractivity contribution in [2.75, 3.05) is 0 Å². The molecule has 0 aliphatic carbocycles. The van der Waals surface area contributed by atoms with Gasteiger partial charge >= 0.3 is 0 Å². The van der Waals surface area contributed by atoms with Gasteiger partial charge in [-0.2, -0.15) is 0 Å². The third kappa shape index (κ3) is 1.18. The van der Waals surface area contributed by atoms with Crippen molar-refractivity contribution in [1.29, 1.82) is 0 Å². The average Bonchev–Trinajstić information content (AvgIpc) is 2.47. The Morgan fingerprint density at radius 2 is 2.42 bits per heavy atom. The summed E-state index contributed by atoms with van der Waals surface area (Å²) in [6, 6.07) is 1.91. The summed E-state index contributed by atoms with van der Waals surface area (Å²) in [6.07, 6.45) is 7.92. The second kappa shape index (κ2) is 2.93. The molecule has 0 saturated heterocycles. The van der Waals surface area contributed by atoms with Crippen LogP contribution < -0.4 is 0 Å². The van der Waals surface area contributed by atoms with Crippen molar-refractivity contribution < 1.29 is 0 Å². The molecule has 0 atom stereocenters. The molecule has 2 aromatic heterocycles. The minimum Gasteiger partial charge on any atom is -0.291 e. The van der Waals surface area contributed by atoms with Crippen LogP contribution in [0.2, 0.25) is 0 Å². The van der Waals surface area contributed by atoms with E-state index in [0.717, 1.165) is 24.3 Å². The quantitative estimate of drug-likeness (QED) is 0.670. The standard InChI is InChI=1S/C9H11N3/c1-2-4-8-7-12-6-3-5-10-9(12)11-8/h3,5-7H,2,4H2,1H3. The Balaban J connectivity index is 2.47. The fourth-order valence-electron chi connectivity index (χ4n) is 1.26. The highest BCUT2D eigenvalue weighted by atomic mass is 15.1. The number of nitrogens with zero attached hydrogens (tertiary/aromatic N) is 3. The first-order valence-corrected chi connectivity index (χ1v) is 4.19. The SMILES string of the molecule is CCCc1cn2cccnc2n1. The van der Waals surface area contributed by atoms with E-state index in [1.165, 1.54) is 0 Å². The number of fused-ring (bicyclic) bond motifs is 1. The lowest BCUT2D eigenvalue weighted by molar-refractivity contribution is 0.893. The first-order valence-electron chi connectivity index (χ1n) is 4.19. The monoisotopic (exact) mass is 161 g/mol. The van der Waals surface area contributed by atoms with Gasteiger partial charge in [-0.3, -0.25) is 4.40 Å². The maximum atomic E-state index is 4.35. The molecule has 0 bridgehead atoms. The first-order chi connectivity index (χ1) is 5.90. The molecule has 2 heterocycles. The fraction of sp³-hybridized carbons (Fsp3) is 0.333. The summed E-state index contributed by atoms with van der Waals surface area (Å²) in [6.45, 7) is 2.15. The van der Waals surface area contributed by atoms with Crippen LogP contribution in [0.3, 0.4) is 0 Å². The van der Waals surface area contributed by atoms with Crippen LogP contribution in [-0.4, -0.2) is 14.4 Å². The summed E-state index contributed by atoms with van der Waals surface area (Å²) in [4.78, 5) is 8.49. The Morgan fingerprint density at radius 3 is 3.17 bits per heavy atom. The van der Waals surface area contributed by atoms with Crippen LogP contribution in [-0.2, 0) is 6.42 Å². The molecule has 0 spiro atoms. The summed E-state index contributed by atoms with van der Waals surface area (Å²) in [7, 11) is 0. The second-order valence-corrected chi connectivity index (χ2v) is 2.81. The van der Waals surface area contributed by atoms with E-state index in [4.69, 9.17) is 0 Å². The van der Waals surface area contributed by atoms with Gasteiger partial charge in [-0.25, -0.2) is 9.97 Å². The third-order valence-corrected chi connectivity index (χ3v) is 1.79. The van der Waals surface area contributed by atoms with E-state index >= 15 is 0 Å². The number of aromatic nitrogens is 3. The fourth-order valence-corrected chi connectivity index (χ4v) is 1.26. The molecule has 0 N–H and O–H groups in total. The first kappa shape index (κ1) is 7.28. The Labute approximate surface area is 71.1 Å². The Hall–Kier alpha value is -1.38. The van der Waals surface area contributed by atoms with Gasteiger partial charge in [-0.15, -0.1) is 0 Å². The molecule has 0 aliphatic rings. The highest BCUT2D eigenvalue weighted by molar-refractivity contribution is 5.29. The maximum absolute atomic E-state index is 4.35. The molecule has 2 aromatic rings. The van der Waals surface area contributed by atoms with Gasteiger partial charge in [-0.1, -0.05) is 13.3 Å². The normalized spacial score (nSPS) is 10.8. The summed E-state index contributed by atoms with van der Waals surface area (Å²) in [5.41, 5.74) is 1.12. The van der Waals surface area contributed by atoms with Gasteiger partial charge in [0.2, 0.25) is 5.78 Å². The Morgan fingerprint density at radius 1 is 1.50 bits per heavy atom. The summed E-state index contributed by atoms with van der Waals surface area (Å²) < 4.78 is 1.95. The van der Waals surface area contributed by atoms with Crippen LogP contribution >= 0.6 is 0 Å². The number of rotatable bonds is 2. The molecule has 0 aliphatic heterocycles. The molecule has 0 fully saturated rings. The lowest BCUT2D eigenvalue weighted by Gasteiger charge is -1.86. The zero-order valence-corrected chi connectivity index (χ0v) is 7.07. The van der Waals surface area contributed by atoms with Crippen molar-refractivity contribution in [3.8, 4) is 0 Å². The third-order valence-electron chi connectivity index (χ3n) is 1.79. The van der Waals surface area contributed by atoms with Crippen LogP contribution in [0, 0.1) is 0 Å². The number of hydrogen-bond acceptors (Lipinski definition) is 2. The van der Waals surface area contributed by atoms with Crippen molar-refractivity contribution in [2.45, 2.75) is 19.8 Å². The van der Waals surface area contributed by atoms with Crippen LogP contribution in [0.15, 0.2) is 24.7 Å². The highest BCUT2D eigenvalue weighted by Crippen LogP contribution is 2.03.